The molecule has 0 spiro atoms. The Morgan fingerprint density at radius 1 is 1.00 bits per heavy atom. The summed E-state index contributed by atoms with van der Waals surface area (Å²) in [7, 11) is 0. The van der Waals surface area contributed by atoms with Gasteiger partial charge >= 0.3 is 6.03 Å². The molecule has 2 N–H and O–H groups in total. The smallest absolute Gasteiger partial charge is 0.323 e. The van der Waals surface area contributed by atoms with Gasteiger partial charge in [-0.05, 0) is 61.5 Å². The lowest BCUT2D eigenvalue weighted by Gasteiger charge is -2.10. The van der Waals surface area contributed by atoms with Crippen molar-refractivity contribution < 1.29 is 9.53 Å². The molecule has 4 aromatic rings. The molecule has 9 heteroatoms. The molecule has 0 saturated carbocycles. The summed E-state index contributed by atoms with van der Waals surface area (Å²) in [5, 5.41) is 10.3. The van der Waals surface area contributed by atoms with Crippen LogP contribution in [0.15, 0.2) is 73.1 Å². The molecule has 0 radical (unpaired) electrons. The maximum atomic E-state index is 12.1. The summed E-state index contributed by atoms with van der Waals surface area (Å²) in [5.41, 5.74) is 1.26. The van der Waals surface area contributed by atoms with Gasteiger partial charge in [-0.25, -0.2) is 14.5 Å². The molecule has 0 bridgehead atoms. The number of hydrogen-bond donors (Lipinski definition) is 2. The maximum absolute atomic E-state index is 12.1. The minimum absolute atomic E-state index is 0.360. The van der Waals surface area contributed by atoms with Gasteiger partial charge in [0.25, 0.3) is 0 Å². The fraction of sp³-hybridized carbons (Fsp3) is 0.0476. The molecule has 30 heavy (non-hydrogen) atoms. The number of carbonyl (C=O) groups is 1. The van der Waals surface area contributed by atoms with E-state index in [0.29, 0.717) is 39.7 Å². The van der Waals surface area contributed by atoms with E-state index in [-0.39, 0.29) is 6.03 Å². The molecule has 2 aromatic carbocycles. The van der Waals surface area contributed by atoms with Crippen molar-refractivity contribution in [1.82, 2.24) is 19.7 Å². The summed E-state index contributed by atoms with van der Waals surface area (Å²) in [5.74, 6) is 2.15. The van der Waals surface area contributed by atoms with E-state index in [9.17, 15) is 4.79 Å². The SMILES string of the molecule is Cc1nc(Oc2ccc(NC(=O)Nc3ccc(Cl)cc3)cc2)cc(-n2cccn2)n1. The number of aryl methyl sites for hydroxylation is 1. The Morgan fingerprint density at radius 2 is 1.67 bits per heavy atom. The maximum Gasteiger partial charge on any atom is 0.323 e. The number of ether oxygens (including phenoxy) is 1. The number of nitrogens with zero attached hydrogens (tertiary/aromatic N) is 4. The summed E-state index contributed by atoms with van der Waals surface area (Å²) in [6.45, 7) is 1.78. The lowest BCUT2D eigenvalue weighted by Crippen LogP contribution is -2.19. The highest BCUT2D eigenvalue weighted by Crippen LogP contribution is 2.23. The standard InChI is InChI=1S/C21H17ClN6O2/c1-14-24-19(28-12-2-11-23-28)13-20(25-14)30-18-9-7-17(8-10-18)27-21(29)26-16-5-3-15(22)4-6-16/h2-13H,1H3,(H2,26,27,29). The van der Waals surface area contributed by atoms with Crippen LogP contribution in [0.5, 0.6) is 11.6 Å². The van der Waals surface area contributed by atoms with Crippen LogP contribution in [0.2, 0.25) is 5.02 Å². The van der Waals surface area contributed by atoms with E-state index in [1.165, 1.54) is 0 Å². The predicted molar refractivity (Wildman–Crippen MR) is 115 cm³/mol. The van der Waals surface area contributed by atoms with Crippen molar-refractivity contribution in [3.8, 4) is 17.4 Å². The Kier molecular flexibility index (Phi) is 5.58. The number of urea groups is 1. The van der Waals surface area contributed by atoms with Crippen molar-refractivity contribution in [3.63, 3.8) is 0 Å². The van der Waals surface area contributed by atoms with E-state index in [4.69, 9.17) is 16.3 Å². The Hall–Kier alpha value is -3.91. The first-order valence-corrected chi connectivity index (χ1v) is 9.40. The number of carbonyl (C=O) groups excluding carboxylic acids is 1. The molecule has 0 unspecified atom stereocenters. The third-order valence-corrected chi connectivity index (χ3v) is 4.23. The van der Waals surface area contributed by atoms with E-state index < -0.39 is 0 Å². The lowest BCUT2D eigenvalue weighted by atomic mass is 10.3. The molecular weight excluding hydrogens is 404 g/mol. The average Bonchev–Trinajstić information content (AvgIpc) is 3.26. The molecule has 2 heterocycles. The van der Waals surface area contributed by atoms with Crippen LogP contribution in [0.4, 0.5) is 16.2 Å². The minimum atomic E-state index is -0.360. The number of amides is 2. The molecule has 0 atom stereocenters. The van der Waals surface area contributed by atoms with Gasteiger partial charge in [0.15, 0.2) is 5.82 Å². The van der Waals surface area contributed by atoms with Gasteiger partial charge in [0.05, 0.1) is 0 Å². The summed E-state index contributed by atoms with van der Waals surface area (Å²) >= 11 is 5.84. The van der Waals surface area contributed by atoms with Crippen LogP contribution in [0.1, 0.15) is 5.82 Å². The molecule has 8 nitrogen and oxygen atoms in total. The van der Waals surface area contributed by atoms with Gasteiger partial charge in [-0.3, -0.25) is 0 Å². The fourth-order valence-electron chi connectivity index (χ4n) is 2.65. The zero-order chi connectivity index (χ0) is 20.9. The number of halogens is 1. The summed E-state index contributed by atoms with van der Waals surface area (Å²) in [4.78, 5) is 20.8. The number of hydrogen-bond acceptors (Lipinski definition) is 5. The first kappa shape index (κ1) is 19.4. The number of aromatic nitrogens is 4. The van der Waals surface area contributed by atoms with Crippen LogP contribution < -0.4 is 15.4 Å². The minimum Gasteiger partial charge on any atom is -0.439 e. The van der Waals surface area contributed by atoms with E-state index >= 15 is 0 Å². The van der Waals surface area contributed by atoms with Crippen LogP contribution in [-0.2, 0) is 0 Å². The second kappa shape index (κ2) is 8.62. The largest absolute Gasteiger partial charge is 0.439 e. The van der Waals surface area contributed by atoms with Crippen molar-refractivity contribution in [2.75, 3.05) is 10.6 Å². The van der Waals surface area contributed by atoms with Crippen LogP contribution >= 0.6 is 11.6 Å². The van der Waals surface area contributed by atoms with Gasteiger partial charge in [0, 0.05) is 34.9 Å². The predicted octanol–water partition coefficient (Wildman–Crippen LogP) is 5.06. The van der Waals surface area contributed by atoms with Crippen LogP contribution in [0.3, 0.4) is 0 Å². The lowest BCUT2D eigenvalue weighted by molar-refractivity contribution is 0.262. The monoisotopic (exact) mass is 420 g/mol. The van der Waals surface area contributed by atoms with Gasteiger partial charge in [0.2, 0.25) is 5.88 Å². The second-order valence-electron chi connectivity index (χ2n) is 6.27. The van der Waals surface area contributed by atoms with Gasteiger partial charge in [-0.15, -0.1) is 0 Å². The zero-order valence-corrected chi connectivity index (χ0v) is 16.7. The highest BCUT2D eigenvalue weighted by molar-refractivity contribution is 6.30. The average molecular weight is 421 g/mol. The van der Waals surface area contributed by atoms with Gasteiger partial charge < -0.3 is 15.4 Å². The van der Waals surface area contributed by atoms with Gasteiger partial charge in [0.1, 0.15) is 11.6 Å². The van der Waals surface area contributed by atoms with E-state index in [0.717, 1.165) is 0 Å². The molecule has 2 aromatic heterocycles. The van der Waals surface area contributed by atoms with Crippen molar-refractivity contribution in [1.29, 1.82) is 0 Å². The molecule has 2 amide bonds. The van der Waals surface area contributed by atoms with Crippen molar-refractivity contribution in [2.45, 2.75) is 6.92 Å². The molecule has 0 aliphatic heterocycles. The normalized spacial score (nSPS) is 10.5. The summed E-state index contributed by atoms with van der Waals surface area (Å²) < 4.78 is 7.46. The molecule has 4 rings (SSSR count). The first-order chi connectivity index (χ1) is 14.5. The second-order valence-corrected chi connectivity index (χ2v) is 6.71. The highest BCUT2D eigenvalue weighted by Gasteiger charge is 2.07. The van der Waals surface area contributed by atoms with E-state index in [2.05, 4.69) is 25.7 Å². The van der Waals surface area contributed by atoms with Crippen LogP contribution in [-0.4, -0.2) is 25.8 Å². The van der Waals surface area contributed by atoms with Gasteiger partial charge in [-0.1, -0.05) is 11.6 Å². The zero-order valence-electron chi connectivity index (χ0n) is 15.9. The number of rotatable bonds is 5. The van der Waals surface area contributed by atoms with Crippen molar-refractivity contribution in [3.05, 3.63) is 83.9 Å². The highest BCUT2D eigenvalue weighted by atomic mass is 35.5. The quantitative estimate of drug-likeness (QED) is 0.470. The molecule has 0 saturated heterocycles. The topological polar surface area (TPSA) is 94.0 Å². The number of benzene rings is 2. The summed E-state index contributed by atoms with van der Waals surface area (Å²) in [6, 6.07) is 17.0. The first-order valence-electron chi connectivity index (χ1n) is 9.02. The Bertz CT molecular complexity index is 1150. The van der Waals surface area contributed by atoms with Gasteiger partial charge in [-0.2, -0.15) is 10.1 Å². The van der Waals surface area contributed by atoms with Crippen molar-refractivity contribution >= 4 is 29.0 Å². The molecular formula is C21H17ClN6O2. The molecule has 150 valence electrons. The third kappa shape index (κ3) is 4.92. The Labute approximate surface area is 177 Å². The van der Waals surface area contributed by atoms with E-state index in [1.807, 2.05) is 6.07 Å². The Morgan fingerprint density at radius 3 is 2.30 bits per heavy atom. The molecule has 0 aliphatic rings. The Balaban J connectivity index is 1.40. The van der Waals surface area contributed by atoms with Crippen LogP contribution in [0.25, 0.3) is 5.82 Å². The number of anilines is 2. The van der Waals surface area contributed by atoms with Crippen molar-refractivity contribution in [2.24, 2.45) is 0 Å². The van der Waals surface area contributed by atoms with Crippen LogP contribution in [0, 0.1) is 6.92 Å². The van der Waals surface area contributed by atoms with E-state index in [1.54, 1.807) is 78.6 Å². The third-order valence-electron chi connectivity index (χ3n) is 3.98. The molecule has 0 aliphatic carbocycles. The number of nitrogens with one attached hydrogen (secondary N) is 2. The molecule has 0 fully saturated rings. The fourth-order valence-corrected chi connectivity index (χ4v) is 2.78. The summed E-state index contributed by atoms with van der Waals surface area (Å²) in [6.07, 6.45) is 3.47.